The number of halogens is 1. The van der Waals surface area contributed by atoms with Gasteiger partial charge in [-0.1, -0.05) is 11.2 Å². The number of furan rings is 1. The Morgan fingerprint density at radius 2 is 2.24 bits per heavy atom. The molecule has 1 atom stereocenters. The number of nitrogens with two attached hydrogens (primary N) is 1. The van der Waals surface area contributed by atoms with E-state index in [1.807, 2.05) is 18.2 Å². The van der Waals surface area contributed by atoms with Crippen molar-refractivity contribution in [2.24, 2.45) is 10.9 Å². The van der Waals surface area contributed by atoms with Crippen LogP contribution in [0.4, 0.5) is 0 Å². The van der Waals surface area contributed by atoms with Crippen molar-refractivity contribution in [3.8, 4) is 5.75 Å². The Morgan fingerprint density at radius 1 is 1.47 bits per heavy atom. The number of hydrogen-bond acceptors (Lipinski definition) is 4. The van der Waals surface area contributed by atoms with Gasteiger partial charge in [0, 0.05) is 0 Å². The van der Waals surface area contributed by atoms with E-state index < -0.39 is 6.10 Å². The quantitative estimate of drug-likeness (QED) is 0.382. The van der Waals surface area contributed by atoms with Gasteiger partial charge in [-0.15, -0.1) is 12.4 Å². The molecule has 1 heterocycles. The van der Waals surface area contributed by atoms with Crippen LogP contribution in [0.25, 0.3) is 11.0 Å². The molecule has 0 aliphatic carbocycles. The molecule has 92 valence electrons. The first-order valence-corrected chi connectivity index (χ1v) is 4.82. The van der Waals surface area contributed by atoms with Gasteiger partial charge in [-0.25, -0.2) is 0 Å². The lowest BCUT2D eigenvalue weighted by atomic mass is 10.2. The van der Waals surface area contributed by atoms with Crippen molar-refractivity contribution in [2.45, 2.75) is 13.0 Å². The summed E-state index contributed by atoms with van der Waals surface area (Å²) in [6.45, 7) is 1.70. The molecule has 0 aliphatic heterocycles. The maximum Gasteiger partial charge on any atom is 0.180 e. The number of ether oxygens (including phenoxy) is 1. The first-order valence-electron chi connectivity index (χ1n) is 4.82. The maximum atomic E-state index is 8.52. The van der Waals surface area contributed by atoms with Gasteiger partial charge in [0.2, 0.25) is 0 Å². The van der Waals surface area contributed by atoms with Crippen LogP contribution >= 0.6 is 12.4 Å². The predicted molar refractivity (Wildman–Crippen MR) is 67.0 cm³/mol. The van der Waals surface area contributed by atoms with Crippen molar-refractivity contribution >= 4 is 29.2 Å². The summed E-state index contributed by atoms with van der Waals surface area (Å²) in [6.07, 6.45) is 1.09. The lowest BCUT2D eigenvalue weighted by molar-refractivity contribution is 0.268. The second-order valence-corrected chi connectivity index (χ2v) is 3.37. The molecule has 0 amide bonds. The normalized spacial score (nSPS) is 13.1. The van der Waals surface area contributed by atoms with Gasteiger partial charge >= 0.3 is 0 Å². The van der Waals surface area contributed by atoms with Crippen molar-refractivity contribution in [1.82, 2.24) is 0 Å². The lowest BCUT2D eigenvalue weighted by Crippen LogP contribution is -2.31. The lowest BCUT2D eigenvalue weighted by Gasteiger charge is -2.13. The number of hydrogen-bond donors (Lipinski definition) is 2. The third-order valence-corrected chi connectivity index (χ3v) is 2.29. The Labute approximate surface area is 104 Å². The summed E-state index contributed by atoms with van der Waals surface area (Å²) in [4.78, 5) is 0. The van der Waals surface area contributed by atoms with Crippen LogP contribution < -0.4 is 10.5 Å². The van der Waals surface area contributed by atoms with E-state index in [2.05, 4.69) is 5.16 Å². The Kier molecular flexibility index (Phi) is 4.23. The van der Waals surface area contributed by atoms with Crippen LogP contribution in [0.15, 0.2) is 40.1 Å². The SMILES string of the molecule is CC(Oc1cccc2occc12)C(N)=NO.Cl. The molecule has 0 saturated heterocycles. The minimum atomic E-state index is -0.495. The molecule has 3 N–H and O–H groups in total. The molecule has 1 unspecified atom stereocenters. The van der Waals surface area contributed by atoms with Crippen LogP contribution in [0.1, 0.15) is 6.92 Å². The standard InChI is InChI=1S/C11H12N2O3.ClH/c1-7(11(12)13-14)16-10-4-2-3-9-8(10)5-6-15-9;/h2-7,14H,1H3,(H2,12,13);1H. The molecule has 17 heavy (non-hydrogen) atoms. The van der Waals surface area contributed by atoms with Gasteiger partial charge in [-0.3, -0.25) is 0 Å². The van der Waals surface area contributed by atoms with Crippen LogP contribution in [0, 0.1) is 0 Å². The number of fused-ring (bicyclic) bond motifs is 1. The number of rotatable bonds is 3. The summed E-state index contributed by atoms with van der Waals surface area (Å²) >= 11 is 0. The highest BCUT2D eigenvalue weighted by atomic mass is 35.5. The highest BCUT2D eigenvalue weighted by molar-refractivity contribution is 5.87. The van der Waals surface area contributed by atoms with Crippen molar-refractivity contribution in [1.29, 1.82) is 0 Å². The third-order valence-electron chi connectivity index (χ3n) is 2.29. The van der Waals surface area contributed by atoms with E-state index in [4.69, 9.17) is 20.1 Å². The van der Waals surface area contributed by atoms with Gasteiger partial charge in [0.1, 0.15) is 11.3 Å². The largest absolute Gasteiger partial charge is 0.482 e. The fourth-order valence-electron chi connectivity index (χ4n) is 1.40. The Morgan fingerprint density at radius 3 is 2.94 bits per heavy atom. The fraction of sp³-hybridized carbons (Fsp3) is 0.182. The van der Waals surface area contributed by atoms with Gasteiger partial charge in [-0.05, 0) is 25.1 Å². The van der Waals surface area contributed by atoms with Crippen LogP contribution in [-0.2, 0) is 0 Å². The molecule has 6 heteroatoms. The van der Waals surface area contributed by atoms with E-state index in [-0.39, 0.29) is 18.2 Å². The maximum absolute atomic E-state index is 8.52. The van der Waals surface area contributed by atoms with Gasteiger partial charge in [0.15, 0.2) is 11.9 Å². The molecule has 2 rings (SSSR count). The summed E-state index contributed by atoms with van der Waals surface area (Å²) in [5.41, 5.74) is 6.18. The summed E-state index contributed by atoms with van der Waals surface area (Å²) in [7, 11) is 0. The topological polar surface area (TPSA) is 81.0 Å². The highest BCUT2D eigenvalue weighted by Crippen LogP contribution is 2.26. The molecule has 0 spiro atoms. The second-order valence-electron chi connectivity index (χ2n) is 3.37. The molecule has 0 aliphatic rings. The average molecular weight is 257 g/mol. The minimum Gasteiger partial charge on any atom is -0.482 e. The van der Waals surface area contributed by atoms with Crippen molar-refractivity contribution < 1.29 is 14.4 Å². The van der Waals surface area contributed by atoms with Crippen LogP contribution in [0.5, 0.6) is 5.75 Å². The zero-order chi connectivity index (χ0) is 11.5. The first kappa shape index (κ1) is 13.2. The highest BCUT2D eigenvalue weighted by Gasteiger charge is 2.12. The molecule has 0 bridgehead atoms. The van der Waals surface area contributed by atoms with Gasteiger partial charge < -0.3 is 20.1 Å². The molecule has 1 aromatic heterocycles. The molecule has 1 aromatic carbocycles. The van der Waals surface area contributed by atoms with Crippen molar-refractivity contribution in [3.05, 3.63) is 30.5 Å². The van der Waals surface area contributed by atoms with E-state index in [1.165, 1.54) is 0 Å². The molecular weight excluding hydrogens is 244 g/mol. The van der Waals surface area contributed by atoms with Crippen molar-refractivity contribution in [3.63, 3.8) is 0 Å². The summed E-state index contributed by atoms with van der Waals surface area (Å²) in [5.74, 6) is 0.672. The molecule has 0 radical (unpaired) electrons. The van der Waals surface area contributed by atoms with Crippen molar-refractivity contribution in [2.75, 3.05) is 0 Å². The number of oxime groups is 1. The summed E-state index contributed by atoms with van der Waals surface area (Å²) in [6, 6.07) is 7.28. The van der Waals surface area contributed by atoms with E-state index in [9.17, 15) is 0 Å². The van der Waals surface area contributed by atoms with E-state index >= 15 is 0 Å². The third kappa shape index (κ3) is 2.62. The number of nitrogens with zero attached hydrogens (tertiary/aromatic N) is 1. The Hall–Kier alpha value is -1.88. The molecular formula is C11H13ClN2O3. The number of amidine groups is 1. The zero-order valence-corrected chi connectivity index (χ0v) is 9.98. The van der Waals surface area contributed by atoms with E-state index in [0.29, 0.717) is 5.75 Å². The fourth-order valence-corrected chi connectivity index (χ4v) is 1.40. The van der Waals surface area contributed by atoms with E-state index in [0.717, 1.165) is 11.0 Å². The monoisotopic (exact) mass is 256 g/mol. The van der Waals surface area contributed by atoms with E-state index in [1.54, 1.807) is 19.3 Å². The number of benzene rings is 1. The summed E-state index contributed by atoms with van der Waals surface area (Å²) in [5, 5.41) is 12.3. The zero-order valence-electron chi connectivity index (χ0n) is 9.16. The molecule has 0 saturated carbocycles. The minimum absolute atomic E-state index is 0. The smallest absolute Gasteiger partial charge is 0.180 e. The Bertz CT molecular complexity index is 524. The van der Waals surface area contributed by atoms with Crippen LogP contribution in [0.3, 0.4) is 0 Å². The predicted octanol–water partition coefficient (Wildman–Crippen LogP) is 2.37. The van der Waals surface area contributed by atoms with Crippen LogP contribution in [-0.4, -0.2) is 17.1 Å². The Balaban J connectivity index is 0.00000144. The molecule has 5 nitrogen and oxygen atoms in total. The summed E-state index contributed by atoms with van der Waals surface area (Å²) < 4.78 is 10.8. The van der Waals surface area contributed by atoms with Gasteiger partial charge in [0.05, 0.1) is 11.6 Å². The van der Waals surface area contributed by atoms with Crippen LogP contribution in [0.2, 0.25) is 0 Å². The molecule has 0 fully saturated rings. The average Bonchev–Trinajstić information content (AvgIpc) is 2.77. The van der Waals surface area contributed by atoms with Gasteiger partial charge in [-0.2, -0.15) is 0 Å². The second kappa shape index (κ2) is 5.45. The molecule has 2 aromatic rings. The van der Waals surface area contributed by atoms with Gasteiger partial charge in [0.25, 0.3) is 0 Å². The first-order chi connectivity index (χ1) is 7.72.